The highest BCUT2D eigenvalue weighted by molar-refractivity contribution is 7.89. The molecule has 1 amide bonds. The lowest BCUT2D eigenvalue weighted by molar-refractivity contribution is 0.0952. The molecule has 2 aromatic carbocycles. The molecule has 0 atom stereocenters. The fourth-order valence-corrected chi connectivity index (χ4v) is 5.25. The first-order valence-corrected chi connectivity index (χ1v) is 11.4. The molecule has 4 rings (SSSR count). The normalized spacial score (nSPS) is 15.2. The summed E-state index contributed by atoms with van der Waals surface area (Å²) in [6.07, 6.45) is 2.71. The smallest absolute Gasteiger partial charge is 0.252 e. The fourth-order valence-electron chi connectivity index (χ4n) is 3.71. The van der Waals surface area contributed by atoms with Crippen LogP contribution in [-0.4, -0.2) is 36.7 Å². The Balaban J connectivity index is 1.69. The van der Waals surface area contributed by atoms with Crippen molar-refractivity contribution < 1.29 is 13.2 Å². The van der Waals surface area contributed by atoms with Gasteiger partial charge in [0.1, 0.15) is 0 Å². The summed E-state index contributed by atoms with van der Waals surface area (Å²) in [5, 5.41) is 3.21. The number of pyridine rings is 1. The number of rotatable bonds is 5. The van der Waals surface area contributed by atoms with Crippen LogP contribution in [0.1, 0.15) is 35.2 Å². The van der Waals surface area contributed by atoms with Crippen LogP contribution >= 0.6 is 0 Å². The van der Waals surface area contributed by atoms with Gasteiger partial charge in [-0.3, -0.25) is 9.59 Å². The highest BCUT2D eigenvalue weighted by Gasteiger charge is 2.26. The van der Waals surface area contributed by atoms with Gasteiger partial charge < -0.3 is 10.3 Å². The van der Waals surface area contributed by atoms with E-state index < -0.39 is 21.5 Å². The molecule has 0 saturated carbocycles. The maximum absolute atomic E-state index is 13.0. The number of carbonyl (C=O) groups excluding carboxylic acids is 1. The average Bonchev–Trinajstić information content (AvgIpc) is 2.77. The van der Waals surface area contributed by atoms with Crippen molar-refractivity contribution in [1.29, 1.82) is 0 Å². The van der Waals surface area contributed by atoms with Crippen LogP contribution in [0.3, 0.4) is 0 Å². The van der Waals surface area contributed by atoms with E-state index in [0.29, 0.717) is 30.5 Å². The average molecular weight is 426 g/mol. The van der Waals surface area contributed by atoms with E-state index in [4.69, 9.17) is 0 Å². The van der Waals surface area contributed by atoms with Crippen LogP contribution in [0, 0.1) is 0 Å². The lowest BCUT2D eigenvalue weighted by Gasteiger charge is -2.26. The summed E-state index contributed by atoms with van der Waals surface area (Å²) in [5.41, 5.74) is 1.08. The first kappa shape index (κ1) is 20.3. The van der Waals surface area contributed by atoms with Crippen molar-refractivity contribution in [3.8, 4) is 0 Å². The molecule has 1 saturated heterocycles. The number of hydrogen-bond donors (Lipinski definition) is 2. The van der Waals surface area contributed by atoms with Crippen LogP contribution in [0.2, 0.25) is 0 Å². The molecule has 7 nitrogen and oxygen atoms in total. The van der Waals surface area contributed by atoms with Gasteiger partial charge >= 0.3 is 0 Å². The molecule has 0 unspecified atom stereocenters. The summed E-state index contributed by atoms with van der Waals surface area (Å²) < 4.78 is 27.6. The van der Waals surface area contributed by atoms with Gasteiger partial charge in [0.05, 0.1) is 10.5 Å². The van der Waals surface area contributed by atoms with Crippen molar-refractivity contribution in [2.75, 3.05) is 13.1 Å². The molecule has 0 aliphatic carbocycles. The van der Waals surface area contributed by atoms with Crippen LogP contribution in [0.15, 0.2) is 64.3 Å². The number of H-pyrrole nitrogens is 1. The third-order valence-corrected chi connectivity index (χ3v) is 7.20. The number of aromatic amines is 1. The van der Waals surface area contributed by atoms with Gasteiger partial charge in [0.25, 0.3) is 5.91 Å². The molecule has 1 aliphatic heterocycles. The van der Waals surface area contributed by atoms with Crippen molar-refractivity contribution in [2.24, 2.45) is 0 Å². The minimum Gasteiger partial charge on any atom is -0.348 e. The van der Waals surface area contributed by atoms with E-state index in [1.54, 1.807) is 6.07 Å². The molecule has 3 aromatic rings. The van der Waals surface area contributed by atoms with Gasteiger partial charge in [-0.2, -0.15) is 4.31 Å². The van der Waals surface area contributed by atoms with Crippen molar-refractivity contribution in [1.82, 2.24) is 14.6 Å². The van der Waals surface area contributed by atoms with E-state index in [9.17, 15) is 18.0 Å². The molecule has 2 heterocycles. The van der Waals surface area contributed by atoms with Gasteiger partial charge in [-0.15, -0.1) is 0 Å². The summed E-state index contributed by atoms with van der Waals surface area (Å²) in [4.78, 5) is 27.7. The van der Waals surface area contributed by atoms with Crippen molar-refractivity contribution >= 4 is 26.8 Å². The van der Waals surface area contributed by atoms with Crippen molar-refractivity contribution in [2.45, 2.75) is 30.7 Å². The Morgan fingerprint density at radius 1 is 1.00 bits per heavy atom. The predicted molar refractivity (Wildman–Crippen MR) is 115 cm³/mol. The molecule has 0 bridgehead atoms. The number of hydrogen-bond acceptors (Lipinski definition) is 4. The monoisotopic (exact) mass is 425 g/mol. The van der Waals surface area contributed by atoms with Gasteiger partial charge in [0, 0.05) is 36.6 Å². The molecule has 0 radical (unpaired) electrons. The molecular weight excluding hydrogens is 402 g/mol. The number of piperidine rings is 1. The summed E-state index contributed by atoms with van der Waals surface area (Å²) in [6.45, 7) is 1.30. The van der Waals surface area contributed by atoms with E-state index >= 15 is 0 Å². The number of carbonyl (C=O) groups is 1. The van der Waals surface area contributed by atoms with Crippen LogP contribution in [0.5, 0.6) is 0 Å². The minimum atomic E-state index is -3.65. The highest BCUT2D eigenvalue weighted by Crippen LogP contribution is 2.25. The summed E-state index contributed by atoms with van der Waals surface area (Å²) in [5.74, 6) is -0.428. The Hall–Kier alpha value is -2.97. The van der Waals surface area contributed by atoms with Gasteiger partial charge in [-0.05, 0) is 36.6 Å². The first-order valence-electron chi connectivity index (χ1n) is 9.94. The minimum absolute atomic E-state index is 0.126. The summed E-state index contributed by atoms with van der Waals surface area (Å²) in [6, 6.07) is 15.1. The SMILES string of the molecule is O=C(NCc1ccccc1)c1cc(=O)[nH]c2ccc(S(=O)(=O)N3CCCCC3)cc12. The molecule has 8 heteroatoms. The van der Waals surface area contributed by atoms with Crippen LogP contribution in [-0.2, 0) is 16.6 Å². The Bertz CT molecular complexity index is 1230. The summed E-state index contributed by atoms with van der Waals surface area (Å²) >= 11 is 0. The molecule has 30 heavy (non-hydrogen) atoms. The molecule has 1 aromatic heterocycles. The third-order valence-electron chi connectivity index (χ3n) is 5.31. The van der Waals surface area contributed by atoms with Crippen LogP contribution in [0.25, 0.3) is 10.9 Å². The predicted octanol–water partition coefficient (Wildman–Crippen LogP) is 2.63. The molecule has 1 aliphatic rings. The quantitative estimate of drug-likeness (QED) is 0.656. The second-order valence-electron chi connectivity index (χ2n) is 7.39. The molecule has 156 valence electrons. The number of nitrogens with zero attached hydrogens (tertiary/aromatic N) is 1. The number of benzene rings is 2. The summed E-state index contributed by atoms with van der Waals surface area (Å²) in [7, 11) is -3.65. The van der Waals surface area contributed by atoms with E-state index in [1.165, 1.54) is 22.5 Å². The molecule has 0 spiro atoms. The maximum atomic E-state index is 13.0. The third kappa shape index (κ3) is 4.15. The lowest BCUT2D eigenvalue weighted by atomic mass is 10.1. The Morgan fingerprint density at radius 3 is 2.47 bits per heavy atom. The zero-order valence-electron chi connectivity index (χ0n) is 16.4. The number of amides is 1. The second kappa shape index (κ2) is 8.41. The van der Waals surface area contributed by atoms with Crippen molar-refractivity contribution in [3.05, 3.63) is 76.1 Å². The number of sulfonamides is 1. The van der Waals surface area contributed by atoms with E-state index in [0.717, 1.165) is 24.8 Å². The van der Waals surface area contributed by atoms with Gasteiger partial charge in [-0.1, -0.05) is 36.8 Å². The zero-order chi connectivity index (χ0) is 21.1. The van der Waals surface area contributed by atoms with Crippen LogP contribution in [0.4, 0.5) is 0 Å². The Morgan fingerprint density at radius 2 is 1.73 bits per heavy atom. The maximum Gasteiger partial charge on any atom is 0.252 e. The van der Waals surface area contributed by atoms with Crippen LogP contribution < -0.4 is 10.9 Å². The largest absolute Gasteiger partial charge is 0.348 e. The highest BCUT2D eigenvalue weighted by atomic mass is 32.2. The van der Waals surface area contributed by atoms with Crippen molar-refractivity contribution in [3.63, 3.8) is 0 Å². The standard InChI is InChI=1S/C22H23N3O4S/c26-21-14-19(22(27)23-15-16-7-3-1-4-8-16)18-13-17(9-10-20(18)24-21)30(28,29)25-11-5-2-6-12-25/h1,3-4,7-10,13-14H,2,5-6,11-12,15H2,(H,23,27)(H,24,26). The van der Waals surface area contributed by atoms with E-state index in [1.807, 2.05) is 30.3 Å². The molecule has 2 N–H and O–H groups in total. The Kier molecular flexibility index (Phi) is 5.69. The van der Waals surface area contributed by atoms with E-state index in [-0.39, 0.29) is 10.5 Å². The topological polar surface area (TPSA) is 99.3 Å². The molecule has 1 fully saturated rings. The second-order valence-corrected chi connectivity index (χ2v) is 9.33. The first-order chi connectivity index (χ1) is 14.4. The number of nitrogens with one attached hydrogen (secondary N) is 2. The number of fused-ring (bicyclic) bond motifs is 1. The van der Waals surface area contributed by atoms with Gasteiger partial charge in [0.15, 0.2) is 0 Å². The lowest BCUT2D eigenvalue weighted by Crippen LogP contribution is -2.35. The zero-order valence-corrected chi connectivity index (χ0v) is 17.2. The van der Waals surface area contributed by atoms with E-state index in [2.05, 4.69) is 10.3 Å². The Labute approximate surface area is 174 Å². The number of aromatic nitrogens is 1. The molecular formula is C22H23N3O4S. The van der Waals surface area contributed by atoms with Gasteiger partial charge in [-0.25, -0.2) is 8.42 Å². The fraction of sp³-hybridized carbons (Fsp3) is 0.273. The van der Waals surface area contributed by atoms with Gasteiger partial charge in [0.2, 0.25) is 15.6 Å².